The summed E-state index contributed by atoms with van der Waals surface area (Å²) in [6.45, 7) is 0. The molecule has 0 fully saturated rings. The van der Waals surface area contributed by atoms with Gasteiger partial charge in [0.2, 0.25) is 0 Å². The number of hydrogen-bond donors (Lipinski definition) is 0. The normalized spacial score (nSPS) is 13.4. The molecule has 0 saturated carbocycles. The average Bonchev–Trinajstić information content (AvgIpc) is 0.654. The number of benzene rings is 15. The van der Waals surface area contributed by atoms with Gasteiger partial charge in [-0.1, -0.05) is 364 Å². The first-order valence-corrected chi connectivity index (χ1v) is 32.2. The van der Waals surface area contributed by atoms with Crippen molar-refractivity contribution in [1.29, 1.82) is 0 Å². The topological polar surface area (TPSA) is 0 Å². The predicted octanol–water partition coefficient (Wildman–Crippen LogP) is 24.7. The maximum atomic E-state index is 2.38. The van der Waals surface area contributed by atoms with Gasteiger partial charge in [0, 0.05) is 11.8 Å². The van der Waals surface area contributed by atoms with Crippen LogP contribution >= 0.6 is 0 Å². The molecule has 0 heteroatoms. The Bertz CT molecular complexity index is 4300. The third-order valence-electron chi connectivity index (χ3n) is 19.2. The summed E-state index contributed by atoms with van der Waals surface area (Å²) in [5, 5.41) is 0. The van der Waals surface area contributed by atoms with Gasteiger partial charge in [-0.3, -0.25) is 0 Å². The lowest BCUT2D eigenvalue weighted by Gasteiger charge is -2.50. The van der Waals surface area contributed by atoms with Crippen molar-refractivity contribution in [3.05, 3.63) is 397 Å². The zero-order valence-corrected chi connectivity index (χ0v) is 50.8. The monoisotopic (exact) mass is 1170 g/mol. The van der Waals surface area contributed by atoms with Gasteiger partial charge >= 0.3 is 0 Å². The molecule has 0 aromatic heterocycles. The largest absolute Gasteiger partial charge is 0.0622 e. The summed E-state index contributed by atoms with van der Waals surface area (Å²) < 4.78 is 0. The van der Waals surface area contributed by atoms with Crippen molar-refractivity contribution in [2.75, 3.05) is 0 Å². The SMILES string of the molecule is c1ccc(-c2c(-c3ccccc3)c(-c3ccccc3)c3c(c2-c2ccccc2)C2c4c(-c5ccccc5)c(-c5ccccc5)c(-c5ccccc5)c(-c5ccccc5)c4C3c3c(-c4ccccc4)c(-c4ccccc4)c(-c4ccccc4)c(-c4ccccc4)c32)cc1. The fourth-order valence-corrected chi connectivity index (χ4v) is 15.8. The van der Waals surface area contributed by atoms with E-state index in [4.69, 9.17) is 0 Å². The lowest BCUT2D eigenvalue weighted by atomic mass is 9.51. The molecule has 0 radical (unpaired) electrons. The summed E-state index contributed by atoms with van der Waals surface area (Å²) in [6, 6.07) is 137. The van der Waals surface area contributed by atoms with Gasteiger partial charge in [0.25, 0.3) is 0 Å². The average molecular weight is 1170 g/mol. The van der Waals surface area contributed by atoms with Gasteiger partial charge < -0.3 is 0 Å². The van der Waals surface area contributed by atoms with Crippen molar-refractivity contribution < 1.29 is 0 Å². The highest BCUT2D eigenvalue weighted by molar-refractivity contribution is 6.14. The van der Waals surface area contributed by atoms with Crippen LogP contribution in [0.4, 0.5) is 0 Å². The fourth-order valence-electron chi connectivity index (χ4n) is 15.8. The molecule has 0 spiro atoms. The van der Waals surface area contributed by atoms with Gasteiger partial charge in [-0.05, 0) is 167 Å². The first-order valence-electron chi connectivity index (χ1n) is 32.2. The Morgan fingerprint density at radius 1 is 0.0978 bits per heavy atom. The summed E-state index contributed by atoms with van der Waals surface area (Å²) in [5.74, 6) is -0.806. The van der Waals surface area contributed by atoms with Crippen LogP contribution in [0, 0.1) is 0 Å². The first kappa shape index (κ1) is 54.5. The van der Waals surface area contributed by atoms with Crippen LogP contribution in [0.1, 0.15) is 45.2 Å². The first-order chi connectivity index (χ1) is 45.8. The Balaban J connectivity index is 1.24. The third-order valence-corrected chi connectivity index (χ3v) is 19.2. The highest BCUT2D eigenvalue weighted by Gasteiger charge is 2.53. The second kappa shape index (κ2) is 23.3. The maximum absolute atomic E-state index is 2.38. The highest BCUT2D eigenvalue weighted by Crippen LogP contribution is 2.72. The quantitative estimate of drug-likeness (QED) is 0.114. The molecule has 92 heavy (non-hydrogen) atoms. The van der Waals surface area contributed by atoms with Gasteiger partial charge in [-0.15, -0.1) is 0 Å². The van der Waals surface area contributed by atoms with Crippen LogP contribution in [0.5, 0.6) is 0 Å². The molecule has 0 atom stereocenters. The summed E-state index contributed by atoms with van der Waals surface area (Å²) in [7, 11) is 0. The van der Waals surface area contributed by atoms with Gasteiger partial charge in [-0.25, -0.2) is 0 Å². The molecular weight excluding hydrogens is 1110 g/mol. The summed E-state index contributed by atoms with van der Waals surface area (Å²) >= 11 is 0. The van der Waals surface area contributed by atoms with Gasteiger partial charge in [0.15, 0.2) is 0 Å². The Hall–Kier alpha value is -11.7. The number of hydrogen-bond acceptors (Lipinski definition) is 0. The molecule has 15 aromatic carbocycles. The Morgan fingerprint density at radius 2 is 0.185 bits per heavy atom. The van der Waals surface area contributed by atoms with E-state index in [0.717, 1.165) is 0 Å². The molecule has 2 bridgehead atoms. The zero-order valence-electron chi connectivity index (χ0n) is 50.8. The molecule has 3 aliphatic rings. The van der Waals surface area contributed by atoms with E-state index in [1.54, 1.807) is 0 Å². The lowest BCUT2D eigenvalue weighted by molar-refractivity contribution is 0.766. The minimum absolute atomic E-state index is 0.403. The van der Waals surface area contributed by atoms with Crippen LogP contribution in [-0.2, 0) is 0 Å². The van der Waals surface area contributed by atoms with Crippen LogP contribution in [0.25, 0.3) is 134 Å². The van der Waals surface area contributed by atoms with Crippen molar-refractivity contribution in [2.24, 2.45) is 0 Å². The molecule has 0 heterocycles. The molecule has 18 rings (SSSR count). The Labute approximate surface area is 539 Å². The van der Waals surface area contributed by atoms with Crippen LogP contribution < -0.4 is 0 Å². The minimum atomic E-state index is -0.403. The van der Waals surface area contributed by atoms with E-state index < -0.39 is 11.8 Å². The predicted molar refractivity (Wildman–Crippen MR) is 386 cm³/mol. The molecule has 0 N–H and O–H groups in total. The molecule has 430 valence electrons. The smallest absolute Gasteiger partial charge is 0.0369 e. The second-order valence-electron chi connectivity index (χ2n) is 24.2. The lowest BCUT2D eigenvalue weighted by Crippen LogP contribution is -2.33. The molecule has 15 aromatic rings. The summed E-state index contributed by atoms with van der Waals surface area (Å²) in [5.41, 5.74) is 36.9. The van der Waals surface area contributed by atoms with Crippen LogP contribution in [-0.4, -0.2) is 0 Å². The van der Waals surface area contributed by atoms with E-state index in [9.17, 15) is 0 Å². The second-order valence-corrected chi connectivity index (χ2v) is 24.2. The van der Waals surface area contributed by atoms with E-state index >= 15 is 0 Å². The third kappa shape index (κ3) is 8.98. The van der Waals surface area contributed by atoms with E-state index in [0.29, 0.717) is 0 Å². The van der Waals surface area contributed by atoms with Crippen molar-refractivity contribution in [1.82, 2.24) is 0 Å². The molecule has 0 nitrogen and oxygen atoms in total. The Kier molecular flexibility index (Phi) is 13.8. The van der Waals surface area contributed by atoms with Crippen molar-refractivity contribution >= 4 is 0 Å². The summed E-state index contributed by atoms with van der Waals surface area (Å²) in [4.78, 5) is 0. The standard InChI is InChI=1S/C92H62/c1-13-37-61(38-14-1)73-74(62-39-15-2-16-40-62)80(68-51-27-8-28-52-68)86-85(79(73)67-49-25-7-26-50-67)91-87-81(69-53-29-9-30-54-69)75(63-41-17-3-18-42-63)77(65-45-21-5-22-46-65)83(71-57-33-11-34-58-71)89(87)92(86)90-84(72-59-35-12-36-60-72)78(66-47-23-6-24-48-66)76(64-43-19-4-20-44-64)82(88(90)91)70-55-31-10-32-56-70/h1-60,91-92H. The molecule has 0 saturated heterocycles. The van der Waals surface area contributed by atoms with Crippen LogP contribution in [0.15, 0.2) is 364 Å². The fraction of sp³-hybridized carbons (Fsp3) is 0.0217. The van der Waals surface area contributed by atoms with Crippen molar-refractivity contribution in [3.8, 4) is 134 Å². The van der Waals surface area contributed by atoms with Gasteiger partial charge in [0.05, 0.1) is 0 Å². The summed E-state index contributed by atoms with van der Waals surface area (Å²) in [6.07, 6.45) is 0. The zero-order chi connectivity index (χ0) is 60.9. The van der Waals surface area contributed by atoms with Crippen LogP contribution in [0.2, 0.25) is 0 Å². The molecule has 0 unspecified atom stereocenters. The van der Waals surface area contributed by atoms with Gasteiger partial charge in [0.1, 0.15) is 0 Å². The molecule has 3 aliphatic carbocycles. The van der Waals surface area contributed by atoms with E-state index in [1.807, 2.05) is 0 Å². The van der Waals surface area contributed by atoms with E-state index in [1.165, 1.54) is 167 Å². The van der Waals surface area contributed by atoms with Gasteiger partial charge in [-0.2, -0.15) is 0 Å². The van der Waals surface area contributed by atoms with Crippen LogP contribution in [0.3, 0.4) is 0 Å². The van der Waals surface area contributed by atoms with E-state index in [-0.39, 0.29) is 0 Å². The minimum Gasteiger partial charge on any atom is -0.0622 e. The molecule has 0 amide bonds. The van der Waals surface area contributed by atoms with E-state index in [2.05, 4.69) is 364 Å². The van der Waals surface area contributed by atoms with Crippen molar-refractivity contribution in [2.45, 2.75) is 11.8 Å². The Morgan fingerprint density at radius 3 is 0.283 bits per heavy atom. The highest BCUT2D eigenvalue weighted by atomic mass is 14.5. The molecule has 0 aliphatic heterocycles. The number of rotatable bonds is 12. The molecular formula is C92H62. The maximum Gasteiger partial charge on any atom is 0.0369 e. The van der Waals surface area contributed by atoms with Crippen molar-refractivity contribution in [3.63, 3.8) is 0 Å².